The first-order valence-electron chi connectivity index (χ1n) is 15.8. The molecule has 2 aliphatic heterocycles. The van der Waals surface area contributed by atoms with E-state index in [0.29, 0.717) is 16.7 Å². The quantitative estimate of drug-likeness (QED) is 0.220. The fraction of sp³-hybridized carbons (Fsp3) is 0.333. The standard InChI is InChI=1S/C18H17BF3NO3.C18H20BNO3/c1-10-9-23-15(8-13(10)18(20,21)22)16(24)7-11-4-5-12-14(6-11)19(25)26-17(12,2)3;1-11-5-8-16(20-12(11)2)17(21)10-13-6-7-14-15(9-13)19(22)23-18(14,3)4/h4-6,8-9,25H,7H2,1-3H3;5-9,22H,10H2,1-4H3. The van der Waals surface area contributed by atoms with E-state index in [-0.39, 0.29) is 29.9 Å². The topological polar surface area (TPSA) is 119 Å². The molecule has 0 unspecified atom stereocenters. The predicted molar refractivity (Wildman–Crippen MR) is 180 cm³/mol. The molecule has 0 aliphatic carbocycles. The number of aromatic nitrogens is 2. The number of fused-ring (bicyclic) bond motifs is 2. The highest BCUT2D eigenvalue weighted by atomic mass is 19.4. The molecule has 6 rings (SSSR count). The average Bonchev–Trinajstić information content (AvgIpc) is 3.38. The van der Waals surface area contributed by atoms with Gasteiger partial charge in [-0.05, 0) is 105 Å². The summed E-state index contributed by atoms with van der Waals surface area (Å²) < 4.78 is 50.0. The lowest BCUT2D eigenvalue weighted by molar-refractivity contribution is -0.138. The summed E-state index contributed by atoms with van der Waals surface area (Å²) in [6.07, 6.45) is -3.34. The van der Waals surface area contributed by atoms with Gasteiger partial charge < -0.3 is 19.4 Å². The summed E-state index contributed by atoms with van der Waals surface area (Å²) in [7, 11) is -2.03. The molecule has 49 heavy (non-hydrogen) atoms. The zero-order valence-corrected chi connectivity index (χ0v) is 28.4. The Balaban J connectivity index is 0.000000192. The number of carbonyl (C=O) groups is 2. The van der Waals surface area contributed by atoms with Crippen LogP contribution in [-0.2, 0) is 39.5 Å². The van der Waals surface area contributed by atoms with Crippen LogP contribution in [0.2, 0.25) is 0 Å². The van der Waals surface area contributed by atoms with Gasteiger partial charge in [-0.1, -0.05) is 42.5 Å². The molecule has 0 saturated carbocycles. The number of carbonyl (C=O) groups excluding carboxylic acids is 2. The number of Topliss-reactive ketones (excluding diaryl/α,β-unsaturated/α-hetero) is 2. The van der Waals surface area contributed by atoms with Gasteiger partial charge in [0.2, 0.25) is 0 Å². The van der Waals surface area contributed by atoms with E-state index in [2.05, 4.69) is 9.97 Å². The van der Waals surface area contributed by atoms with Crippen molar-refractivity contribution in [2.24, 2.45) is 0 Å². The van der Waals surface area contributed by atoms with E-state index in [9.17, 15) is 32.8 Å². The number of benzene rings is 2. The van der Waals surface area contributed by atoms with Crippen LogP contribution in [0.5, 0.6) is 0 Å². The van der Waals surface area contributed by atoms with Crippen molar-refractivity contribution in [1.29, 1.82) is 0 Å². The molecule has 4 heterocycles. The number of halogens is 3. The Kier molecular flexibility index (Phi) is 9.79. The number of ketones is 2. The van der Waals surface area contributed by atoms with Crippen molar-refractivity contribution in [3.8, 4) is 0 Å². The van der Waals surface area contributed by atoms with E-state index in [1.54, 1.807) is 24.3 Å². The number of hydrogen-bond donors (Lipinski definition) is 2. The lowest BCUT2D eigenvalue weighted by Crippen LogP contribution is -2.29. The summed E-state index contributed by atoms with van der Waals surface area (Å²) in [5.41, 5.74) is 4.65. The molecule has 13 heteroatoms. The molecule has 0 spiro atoms. The van der Waals surface area contributed by atoms with Gasteiger partial charge in [0.15, 0.2) is 11.6 Å². The smallest absolute Gasteiger partial charge is 0.423 e. The molecule has 254 valence electrons. The van der Waals surface area contributed by atoms with E-state index in [0.717, 1.165) is 45.7 Å². The highest BCUT2D eigenvalue weighted by molar-refractivity contribution is 6.62. The van der Waals surface area contributed by atoms with Crippen LogP contribution in [0, 0.1) is 20.8 Å². The van der Waals surface area contributed by atoms with Crippen LogP contribution < -0.4 is 10.9 Å². The fourth-order valence-corrected chi connectivity index (χ4v) is 6.08. The monoisotopic (exact) mass is 672 g/mol. The van der Waals surface area contributed by atoms with Crippen molar-refractivity contribution >= 4 is 36.7 Å². The second-order valence-electron chi connectivity index (χ2n) is 13.5. The van der Waals surface area contributed by atoms with Gasteiger partial charge in [0, 0.05) is 24.7 Å². The molecule has 2 aromatic carbocycles. The van der Waals surface area contributed by atoms with E-state index < -0.39 is 43.0 Å². The van der Waals surface area contributed by atoms with Crippen molar-refractivity contribution < 1.29 is 42.1 Å². The highest BCUT2D eigenvalue weighted by Gasteiger charge is 2.41. The van der Waals surface area contributed by atoms with Gasteiger partial charge in [-0.15, -0.1) is 0 Å². The molecule has 2 aromatic heterocycles. The highest BCUT2D eigenvalue weighted by Crippen LogP contribution is 2.33. The maximum absolute atomic E-state index is 13.0. The molecule has 4 aromatic rings. The maximum atomic E-state index is 13.0. The Morgan fingerprint density at radius 3 is 1.69 bits per heavy atom. The first kappa shape index (κ1) is 36.1. The fourth-order valence-electron chi connectivity index (χ4n) is 6.08. The second-order valence-corrected chi connectivity index (χ2v) is 13.5. The van der Waals surface area contributed by atoms with Gasteiger partial charge in [0.25, 0.3) is 0 Å². The third-order valence-corrected chi connectivity index (χ3v) is 8.93. The SMILES string of the molecule is Cc1ccc(C(=O)Cc2ccc3c(c2)B(O)OC3(C)C)nc1C.Cc1cnc(C(=O)Cc2ccc3c(c2)B(O)OC3(C)C)cc1C(F)(F)F. The second kappa shape index (κ2) is 13.3. The molecular weight excluding hydrogens is 635 g/mol. The van der Waals surface area contributed by atoms with Crippen LogP contribution in [0.1, 0.15) is 93.3 Å². The molecule has 8 nitrogen and oxygen atoms in total. The van der Waals surface area contributed by atoms with Gasteiger partial charge in [0.05, 0.1) is 16.8 Å². The number of nitrogens with zero attached hydrogens (tertiary/aromatic N) is 2. The Labute approximate surface area is 284 Å². The molecule has 0 fully saturated rings. The minimum Gasteiger partial charge on any atom is -0.423 e. The Morgan fingerprint density at radius 1 is 0.735 bits per heavy atom. The molecule has 2 N–H and O–H groups in total. The number of hydrogen-bond acceptors (Lipinski definition) is 8. The Morgan fingerprint density at radius 2 is 1.22 bits per heavy atom. The number of alkyl halides is 3. The summed E-state index contributed by atoms with van der Waals surface area (Å²) in [5.74, 6) is -0.552. The van der Waals surface area contributed by atoms with Gasteiger partial charge in [0.1, 0.15) is 11.4 Å². The van der Waals surface area contributed by atoms with Crippen molar-refractivity contribution in [1.82, 2.24) is 9.97 Å². The number of aryl methyl sites for hydroxylation is 3. The van der Waals surface area contributed by atoms with Crippen LogP contribution in [0.3, 0.4) is 0 Å². The van der Waals surface area contributed by atoms with Crippen LogP contribution >= 0.6 is 0 Å². The van der Waals surface area contributed by atoms with Crippen LogP contribution in [-0.4, -0.2) is 45.8 Å². The lowest BCUT2D eigenvalue weighted by Gasteiger charge is -2.19. The van der Waals surface area contributed by atoms with Gasteiger partial charge in [-0.2, -0.15) is 13.2 Å². The van der Waals surface area contributed by atoms with Crippen molar-refractivity contribution in [2.75, 3.05) is 0 Å². The molecular formula is C36H37B2F3N2O6. The van der Waals surface area contributed by atoms with Gasteiger partial charge in [-0.3, -0.25) is 14.6 Å². The average molecular weight is 672 g/mol. The molecule has 0 atom stereocenters. The van der Waals surface area contributed by atoms with Crippen molar-refractivity contribution in [3.05, 3.63) is 117 Å². The van der Waals surface area contributed by atoms with Crippen LogP contribution in [0.25, 0.3) is 0 Å². The van der Waals surface area contributed by atoms with E-state index >= 15 is 0 Å². The Hall–Kier alpha value is -4.16. The minimum absolute atomic E-state index is 0.0271. The Bertz CT molecular complexity index is 1950. The van der Waals surface area contributed by atoms with E-state index in [1.165, 1.54) is 6.92 Å². The largest absolute Gasteiger partial charge is 0.492 e. The zero-order chi connectivity index (χ0) is 36.1. The number of pyridine rings is 2. The first-order chi connectivity index (χ1) is 22.8. The van der Waals surface area contributed by atoms with Crippen molar-refractivity contribution in [3.63, 3.8) is 0 Å². The third-order valence-electron chi connectivity index (χ3n) is 8.93. The summed E-state index contributed by atoms with van der Waals surface area (Å²) in [4.78, 5) is 33.0. The third kappa shape index (κ3) is 7.70. The first-order valence-corrected chi connectivity index (χ1v) is 15.8. The molecule has 0 amide bonds. The van der Waals surface area contributed by atoms with Gasteiger partial charge >= 0.3 is 20.4 Å². The summed E-state index contributed by atoms with van der Waals surface area (Å²) in [6, 6.07) is 15.3. The van der Waals surface area contributed by atoms with Crippen LogP contribution in [0.4, 0.5) is 13.2 Å². The van der Waals surface area contributed by atoms with E-state index in [1.807, 2.05) is 65.8 Å². The molecule has 0 bridgehead atoms. The lowest BCUT2D eigenvalue weighted by atomic mass is 9.77. The molecule has 2 aliphatic rings. The maximum Gasteiger partial charge on any atom is 0.492 e. The van der Waals surface area contributed by atoms with E-state index in [4.69, 9.17) is 9.31 Å². The van der Waals surface area contributed by atoms with Crippen molar-refractivity contribution in [2.45, 2.75) is 78.7 Å². The normalized spacial score (nSPS) is 15.8. The van der Waals surface area contributed by atoms with Gasteiger partial charge in [-0.25, -0.2) is 4.98 Å². The zero-order valence-electron chi connectivity index (χ0n) is 28.4. The summed E-state index contributed by atoms with van der Waals surface area (Å²) in [6.45, 7) is 12.7. The molecule has 0 radical (unpaired) electrons. The minimum atomic E-state index is -4.54. The molecule has 0 saturated heterocycles. The van der Waals surface area contributed by atoms with Crippen LogP contribution in [0.15, 0.2) is 60.8 Å². The summed E-state index contributed by atoms with van der Waals surface area (Å²) in [5, 5.41) is 20.0. The number of rotatable bonds is 6. The summed E-state index contributed by atoms with van der Waals surface area (Å²) >= 11 is 0. The predicted octanol–water partition coefficient (Wildman–Crippen LogP) is 4.86.